The first-order chi connectivity index (χ1) is 9.17. The Hall–Kier alpha value is -1.50. The standard InChI is InChI=1S/C12H17ClN2O4/c13-10-1-3-11(4-2-10)19-9-14-12(18)15(5-7-16)6-8-17/h1-4,16-17H,5-9H2,(H,14,18). The molecule has 0 aromatic heterocycles. The molecule has 0 bridgehead atoms. The van der Waals surface area contributed by atoms with Gasteiger partial charge in [-0.15, -0.1) is 0 Å². The maximum atomic E-state index is 11.7. The van der Waals surface area contributed by atoms with E-state index in [4.69, 9.17) is 26.6 Å². The van der Waals surface area contributed by atoms with Gasteiger partial charge in [0.25, 0.3) is 0 Å². The molecule has 0 radical (unpaired) electrons. The van der Waals surface area contributed by atoms with E-state index < -0.39 is 6.03 Å². The number of aliphatic hydroxyl groups excluding tert-OH is 2. The van der Waals surface area contributed by atoms with Gasteiger partial charge in [-0.25, -0.2) is 4.79 Å². The highest BCUT2D eigenvalue weighted by molar-refractivity contribution is 6.30. The molecule has 7 heteroatoms. The number of nitrogens with zero attached hydrogens (tertiary/aromatic N) is 1. The van der Waals surface area contributed by atoms with Gasteiger partial charge < -0.3 is 25.2 Å². The SMILES string of the molecule is O=C(NCOc1ccc(Cl)cc1)N(CCO)CCO. The van der Waals surface area contributed by atoms with Crippen LogP contribution in [0.3, 0.4) is 0 Å². The van der Waals surface area contributed by atoms with Crippen LogP contribution in [0.5, 0.6) is 5.75 Å². The van der Waals surface area contributed by atoms with Crippen molar-refractivity contribution >= 4 is 17.6 Å². The third-order valence-corrected chi connectivity index (χ3v) is 2.55. The van der Waals surface area contributed by atoms with Crippen molar-refractivity contribution in [1.82, 2.24) is 10.2 Å². The fraction of sp³-hybridized carbons (Fsp3) is 0.417. The van der Waals surface area contributed by atoms with Crippen LogP contribution in [0.1, 0.15) is 0 Å². The number of benzene rings is 1. The number of carbonyl (C=O) groups excluding carboxylic acids is 1. The lowest BCUT2D eigenvalue weighted by Gasteiger charge is -2.21. The molecule has 2 amide bonds. The van der Waals surface area contributed by atoms with Gasteiger partial charge in [0.15, 0.2) is 6.73 Å². The molecule has 0 saturated heterocycles. The number of carbonyl (C=O) groups is 1. The maximum absolute atomic E-state index is 11.7. The number of nitrogens with one attached hydrogen (secondary N) is 1. The summed E-state index contributed by atoms with van der Waals surface area (Å²) in [7, 11) is 0. The Morgan fingerprint density at radius 1 is 1.21 bits per heavy atom. The molecule has 1 rings (SSSR count). The average Bonchev–Trinajstić information content (AvgIpc) is 2.40. The third kappa shape index (κ3) is 5.78. The number of amides is 2. The number of urea groups is 1. The van der Waals surface area contributed by atoms with E-state index in [9.17, 15) is 4.79 Å². The summed E-state index contributed by atoms with van der Waals surface area (Å²) in [6, 6.07) is 6.34. The lowest BCUT2D eigenvalue weighted by molar-refractivity contribution is 0.151. The summed E-state index contributed by atoms with van der Waals surface area (Å²) < 4.78 is 5.30. The van der Waals surface area contributed by atoms with E-state index in [2.05, 4.69) is 5.32 Å². The highest BCUT2D eigenvalue weighted by Crippen LogP contribution is 2.14. The van der Waals surface area contributed by atoms with Gasteiger partial charge in [0.2, 0.25) is 0 Å². The second-order valence-corrected chi connectivity index (χ2v) is 4.10. The predicted octanol–water partition coefficient (Wildman–Crippen LogP) is 0.672. The number of hydrogen-bond donors (Lipinski definition) is 3. The van der Waals surface area contributed by atoms with Crippen LogP contribution in [0.15, 0.2) is 24.3 Å². The smallest absolute Gasteiger partial charge is 0.320 e. The lowest BCUT2D eigenvalue weighted by atomic mass is 10.3. The number of aliphatic hydroxyl groups is 2. The Labute approximate surface area is 116 Å². The molecule has 1 aromatic carbocycles. The van der Waals surface area contributed by atoms with E-state index in [1.165, 1.54) is 4.90 Å². The minimum atomic E-state index is -0.405. The molecule has 0 unspecified atom stereocenters. The summed E-state index contributed by atoms with van der Waals surface area (Å²) in [6.07, 6.45) is 0. The number of ether oxygens (including phenoxy) is 1. The molecule has 0 fully saturated rings. The molecule has 19 heavy (non-hydrogen) atoms. The molecule has 0 heterocycles. The van der Waals surface area contributed by atoms with Gasteiger partial charge in [-0.1, -0.05) is 11.6 Å². The second kappa shape index (κ2) is 8.58. The zero-order valence-electron chi connectivity index (χ0n) is 10.4. The third-order valence-electron chi connectivity index (χ3n) is 2.30. The summed E-state index contributed by atoms with van der Waals surface area (Å²) >= 11 is 5.73. The van der Waals surface area contributed by atoms with Crippen LogP contribution in [-0.4, -0.2) is 54.2 Å². The van der Waals surface area contributed by atoms with Gasteiger partial charge in [-0.3, -0.25) is 0 Å². The summed E-state index contributed by atoms with van der Waals surface area (Å²) in [5, 5.41) is 20.7. The molecule has 106 valence electrons. The molecular weight excluding hydrogens is 272 g/mol. The molecule has 6 nitrogen and oxygen atoms in total. The van der Waals surface area contributed by atoms with Crippen LogP contribution in [0.25, 0.3) is 0 Å². The van der Waals surface area contributed by atoms with Crippen molar-refractivity contribution < 1.29 is 19.7 Å². The Balaban J connectivity index is 2.34. The van der Waals surface area contributed by atoms with Gasteiger partial charge >= 0.3 is 6.03 Å². The molecule has 0 aliphatic carbocycles. The lowest BCUT2D eigenvalue weighted by Crippen LogP contribution is -2.44. The Bertz CT molecular complexity index is 380. The van der Waals surface area contributed by atoms with Crippen molar-refractivity contribution in [3.8, 4) is 5.75 Å². The van der Waals surface area contributed by atoms with E-state index in [1.807, 2.05) is 0 Å². The summed E-state index contributed by atoms with van der Waals surface area (Å²) in [6.45, 7) is -0.00851. The molecule has 3 N–H and O–H groups in total. The largest absolute Gasteiger partial charge is 0.473 e. The molecule has 1 aromatic rings. The van der Waals surface area contributed by atoms with Crippen molar-refractivity contribution in [3.63, 3.8) is 0 Å². The quantitative estimate of drug-likeness (QED) is 0.644. The molecule has 0 aliphatic heterocycles. The van der Waals surface area contributed by atoms with E-state index in [0.29, 0.717) is 10.8 Å². The van der Waals surface area contributed by atoms with Crippen LogP contribution >= 0.6 is 11.6 Å². The van der Waals surface area contributed by atoms with E-state index in [0.717, 1.165) is 0 Å². The van der Waals surface area contributed by atoms with Crippen LogP contribution in [-0.2, 0) is 0 Å². The summed E-state index contributed by atoms with van der Waals surface area (Å²) in [5.74, 6) is 0.584. The fourth-order valence-corrected chi connectivity index (χ4v) is 1.51. The Kier molecular flexibility index (Phi) is 7.02. The number of hydrogen-bond acceptors (Lipinski definition) is 4. The predicted molar refractivity (Wildman–Crippen MR) is 71.2 cm³/mol. The van der Waals surface area contributed by atoms with Crippen molar-refractivity contribution in [1.29, 1.82) is 0 Å². The zero-order valence-corrected chi connectivity index (χ0v) is 11.1. The van der Waals surface area contributed by atoms with Gasteiger partial charge in [0, 0.05) is 18.1 Å². The highest BCUT2D eigenvalue weighted by Gasteiger charge is 2.11. The second-order valence-electron chi connectivity index (χ2n) is 3.66. The van der Waals surface area contributed by atoms with E-state index >= 15 is 0 Å². The van der Waals surface area contributed by atoms with Gasteiger partial charge in [-0.05, 0) is 24.3 Å². The minimum absolute atomic E-state index is 0.00613. The molecular formula is C12H17ClN2O4. The van der Waals surface area contributed by atoms with Crippen LogP contribution in [0, 0.1) is 0 Å². The van der Waals surface area contributed by atoms with E-state index in [-0.39, 0.29) is 33.0 Å². The normalized spacial score (nSPS) is 10.1. The molecule has 0 atom stereocenters. The fourth-order valence-electron chi connectivity index (χ4n) is 1.38. The maximum Gasteiger partial charge on any atom is 0.320 e. The first-order valence-electron chi connectivity index (χ1n) is 5.80. The van der Waals surface area contributed by atoms with Gasteiger partial charge in [0.05, 0.1) is 13.2 Å². The Morgan fingerprint density at radius 3 is 2.32 bits per heavy atom. The van der Waals surface area contributed by atoms with Crippen LogP contribution < -0.4 is 10.1 Å². The van der Waals surface area contributed by atoms with Crippen LogP contribution in [0.2, 0.25) is 5.02 Å². The zero-order chi connectivity index (χ0) is 14.1. The van der Waals surface area contributed by atoms with Gasteiger partial charge in [0.1, 0.15) is 5.75 Å². The first-order valence-corrected chi connectivity index (χ1v) is 6.18. The van der Waals surface area contributed by atoms with Crippen molar-refractivity contribution in [2.24, 2.45) is 0 Å². The first kappa shape index (κ1) is 15.6. The van der Waals surface area contributed by atoms with E-state index in [1.54, 1.807) is 24.3 Å². The number of rotatable bonds is 7. The summed E-state index contributed by atoms with van der Waals surface area (Å²) in [5.41, 5.74) is 0. The molecule has 0 saturated carbocycles. The van der Waals surface area contributed by atoms with Crippen LogP contribution in [0.4, 0.5) is 4.79 Å². The van der Waals surface area contributed by atoms with Crippen molar-refractivity contribution in [2.45, 2.75) is 0 Å². The van der Waals surface area contributed by atoms with Gasteiger partial charge in [-0.2, -0.15) is 0 Å². The average molecular weight is 289 g/mol. The molecule has 0 aliphatic rings. The van der Waals surface area contributed by atoms with Crippen molar-refractivity contribution in [3.05, 3.63) is 29.3 Å². The van der Waals surface area contributed by atoms with Crippen molar-refractivity contribution in [2.75, 3.05) is 33.0 Å². The number of halogens is 1. The Morgan fingerprint density at radius 2 is 1.79 bits per heavy atom. The molecule has 0 spiro atoms. The summed E-state index contributed by atoms with van der Waals surface area (Å²) in [4.78, 5) is 13.0. The minimum Gasteiger partial charge on any atom is -0.473 e. The highest BCUT2D eigenvalue weighted by atomic mass is 35.5. The monoisotopic (exact) mass is 288 g/mol. The topological polar surface area (TPSA) is 82.0 Å².